The number of hydrogen-bond donors (Lipinski definition) is 1. The molecule has 1 aromatic heterocycles. The number of hydrogen-bond acceptors (Lipinski definition) is 3. The van der Waals surface area contributed by atoms with E-state index in [2.05, 4.69) is 6.92 Å². The van der Waals surface area contributed by atoms with Crippen LogP contribution in [0.2, 0.25) is 5.02 Å². The molecule has 0 bridgehead atoms. The Kier molecular flexibility index (Phi) is 4.09. The summed E-state index contributed by atoms with van der Waals surface area (Å²) < 4.78 is 0.981. The molecule has 0 unspecified atom stereocenters. The minimum Gasteiger partial charge on any atom is -0.397 e. The Balaban J connectivity index is 1.94. The molecular weight excluding hydrogens is 304 g/mol. The van der Waals surface area contributed by atoms with E-state index in [9.17, 15) is 4.79 Å². The van der Waals surface area contributed by atoms with Gasteiger partial charge in [0.1, 0.15) is 4.88 Å². The first kappa shape index (κ1) is 14.7. The first-order valence-electron chi connectivity index (χ1n) is 7.40. The highest BCUT2D eigenvalue weighted by Gasteiger charge is 2.34. The van der Waals surface area contributed by atoms with Crippen LogP contribution < -0.4 is 5.73 Å². The summed E-state index contributed by atoms with van der Waals surface area (Å²) >= 11 is 7.47. The molecule has 3 rings (SSSR count). The maximum absolute atomic E-state index is 12.8. The van der Waals surface area contributed by atoms with Gasteiger partial charge in [0.25, 0.3) is 5.91 Å². The van der Waals surface area contributed by atoms with Gasteiger partial charge in [-0.05, 0) is 37.5 Å². The van der Waals surface area contributed by atoms with Crippen LogP contribution in [0.5, 0.6) is 0 Å². The molecule has 2 N–H and O–H groups in total. The van der Waals surface area contributed by atoms with Gasteiger partial charge in [0.2, 0.25) is 0 Å². The molecule has 1 aliphatic carbocycles. The van der Waals surface area contributed by atoms with Gasteiger partial charge in [-0.2, -0.15) is 0 Å². The molecule has 2 aromatic rings. The summed E-state index contributed by atoms with van der Waals surface area (Å²) in [5.74, 6) is 0.0840. The van der Waals surface area contributed by atoms with Crippen LogP contribution in [0.25, 0.3) is 10.1 Å². The van der Waals surface area contributed by atoms with Crippen molar-refractivity contribution in [2.24, 2.45) is 0 Å². The van der Waals surface area contributed by atoms with Crippen LogP contribution in [0.1, 0.15) is 42.3 Å². The van der Waals surface area contributed by atoms with Crippen LogP contribution in [0, 0.1) is 0 Å². The molecule has 5 heteroatoms. The van der Waals surface area contributed by atoms with Crippen molar-refractivity contribution in [2.45, 2.75) is 38.6 Å². The summed E-state index contributed by atoms with van der Waals surface area (Å²) in [4.78, 5) is 15.5. The predicted octanol–water partition coefficient (Wildman–Crippen LogP) is 4.54. The summed E-state index contributed by atoms with van der Waals surface area (Å²) in [6, 6.07) is 6.00. The minimum atomic E-state index is 0.0840. The third-order valence-corrected chi connectivity index (χ3v) is 5.28. The summed E-state index contributed by atoms with van der Waals surface area (Å²) in [5, 5.41) is 1.60. The van der Waals surface area contributed by atoms with E-state index in [4.69, 9.17) is 17.3 Å². The number of unbranched alkanes of at least 4 members (excludes halogenated alkanes) is 1. The van der Waals surface area contributed by atoms with Gasteiger partial charge in [-0.15, -0.1) is 11.3 Å². The minimum absolute atomic E-state index is 0.0840. The predicted molar refractivity (Wildman–Crippen MR) is 90.2 cm³/mol. The summed E-state index contributed by atoms with van der Waals surface area (Å²) in [6.07, 6.45) is 4.37. The van der Waals surface area contributed by atoms with Gasteiger partial charge in [-0.3, -0.25) is 4.79 Å². The van der Waals surface area contributed by atoms with Crippen molar-refractivity contribution in [3.05, 3.63) is 28.1 Å². The molecule has 0 radical (unpaired) electrons. The van der Waals surface area contributed by atoms with Gasteiger partial charge < -0.3 is 10.6 Å². The van der Waals surface area contributed by atoms with E-state index < -0.39 is 0 Å². The van der Waals surface area contributed by atoms with Crippen LogP contribution in [0.4, 0.5) is 5.69 Å². The van der Waals surface area contributed by atoms with E-state index in [1.54, 1.807) is 0 Å². The van der Waals surface area contributed by atoms with E-state index in [0.29, 0.717) is 21.6 Å². The Bertz CT molecular complexity index is 678. The number of fused-ring (bicyclic) bond motifs is 1. The topological polar surface area (TPSA) is 46.3 Å². The zero-order chi connectivity index (χ0) is 15.0. The third kappa shape index (κ3) is 2.87. The van der Waals surface area contributed by atoms with Crippen molar-refractivity contribution in [3.63, 3.8) is 0 Å². The lowest BCUT2D eigenvalue weighted by atomic mass is 10.2. The standard InChI is InChI=1S/C16H19ClN2OS/c1-2-3-8-19(11-5-6-11)16(20)15-14(18)12-7-4-10(17)9-13(12)21-15/h4,7,9,11H,2-3,5-6,8,18H2,1H3. The maximum Gasteiger partial charge on any atom is 0.266 e. The Morgan fingerprint density at radius 2 is 2.24 bits per heavy atom. The zero-order valence-corrected chi connectivity index (χ0v) is 13.6. The second-order valence-electron chi connectivity index (χ2n) is 5.57. The monoisotopic (exact) mass is 322 g/mol. The SMILES string of the molecule is CCCCN(C(=O)c1sc2cc(Cl)ccc2c1N)C1CC1. The molecule has 0 atom stereocenters. The first-order chi connectivity index (χ1) is 10.1. The molecule has 1 aliphatic rings. The summed E-state index contributed by atoms with van der Waals surface area (Å²) in [5.41, 5.74) is 6.79. The largest absolute Gasteiger partial charge is 0.397 e. The Hall–Kier alpha value is -1.26. The number of nitrogens with two attached hydrogens (primary N) is 1. The highest BCUT2D eigenvalue weighted by Crippen LogP contribution is 2.38. The molecular formula is C16H19ClN2OS. The fourth-order valence-electron chi connectivity index (χ4n) is 2.54. The lowest BCUT2D eigenvalue weighted by Gasteiger charge is -2.21. The van der Waals surface area contributed by atoms with Crippen LogP contribution >= 0.6 is 22.9 Å². The quantitative estimate of drug-likeness (QED) is 0.878. The average Bonchev–Trinajstić information content (AvgIpc) is 3.24. The number of benzene rings is 1. The number of anilines is 1. The molecule has 0 spiro atoms. The summed E-state index contributed by atoms with van der Waals surface area (Å²) in [7, 11) is 0. The van der Waals surface area contributed by atoms with E-state index in [0.717, 1.165) is 42.3 Å². The normalized spacial score (nSPS) is 14.6. The maximum atomic E-state index is 12.8. The van der Waals surface area contributed by atoms with E-state index in [1.807, 2.05) is 23.1 Å². The second kappa shape index (κ2) is 5.85. The Morgan fingerprint density at radius 3 is 2.90 bits per heavy atom. The highest BCUT2D eigenvalue weighted by molar-refractivity contribution is 7.21. The number of nitrogen functional groups attached to an aromatic ring is 1. The number of carbonyl (C=O) groups excluding carboxylic acids is 1. The number of halogens is 1. The van der Waals surface area contributed by atoms with Crippen molar-refractivity contribution in [2.75, 3.05) is 12.3 Å². The molecule has 0 aliphatic heterocycles. The van der Waals surface area contributed by atoms with E-state index in [-0.39, 0.29) is 5.91 Å². The van der Waals surface area contributed by atoms with Crippen molar-refractivity contribution in [1.29, 1.82) is 0 Å². The number of rotatable bonds is 5. The zero-order valence-electron chi connectivity index (χ0n) is 12.1. The summed E-state index contributed by atoms with van der Waals surface area (Å²) in [6.45, 7) is 2.97. The molecule has 1 heterocycles. The molecule has 21 heavy (non-hydrogen) atoms. The van der Waals surface area contributed by atoms with Gasteiger partial charge in [0.05, 0.1) is 5.69 Å². The lowest BCUT2D eigenvalue weighted by Crippen LogP contribution is -2.33. The van der Waals surface area contributed by atoms with Crippen LogP contribution in [0.3, 0.4) is 0 Å². The van der Waals surface area contributed by atoms with Crippen molar-refractivity contribution in [3.8, 4) is 0 Å². The van der Waals surface area contributed by atoms with Crippen molar-refractivity contribution in [1.82, 2.24) is 4.90 Å². The first-order valence-corrected chi connectivity index (χ1v) is 8.59. The number of nitrogens with zero attached hydrogens (tertiary/aromatic N) is 1. The highest BCUT2D eigenvalue weighted by atomic mass is 35.5. The lowest BCUT2D eigenvalue weighted by molar-refractivity contribution is 0.0746. The van der Waals surface area contributed by atoms with Crippen molar-refractivity contribution < 1.29 is 4.79 Å². The number of carbonyl (C=O) groups is 1. The van der Waals surface area contributed by atoms with Crippen LogP contribution in [0.15, 0.2) is 18.2 Å². The van der Waals surface area contributed by atoms with E-state index in [1.165, 1.54) is 11.3 Å². The smallest absolute Gasteiger partial charge is 0.266 e. The van der Waals surface area contributed by atoms with Gasteiger partial charge in [-0.1, -0.05) is 24.9 Å². The molecule has 0 saturated heterocycles. The molecule has 1 aromatic carbocycles. The van der Waals surface area contributed by atoms with Crippen LogP contribution in [-0.4, -0.2) is 23.4 Å². The Morgan fingerprint density at radius 1 is 1.48 bits per heavy atom. The number of amides is 1. The van der Waals surface area contributed by atoms with Crippen molar-refractivity contribution >= 4 is 44.6 Å². The van der Waals surface area contributed by atoms with Gasteiger partial charge >= 0.3 is 0 Å². The second-order valence-corrected chi connectivity index (χ2v) is 7.06. The molecule has 3 nitrogen and oxygen atoms in total. The average molecular weight is 323 g/mol. The third-order valence-electron chi connectivity index (χ3n) is 3.89. The van der Waals surface area contributed by atoms with Gasteiger partial charge in [-0.25, -0.2) is 0 Å². The van der Waals surface area contributed by atoms with Gasteiger partial charge in [0, 0.05) is 27.7 Å². The Labute approximate surface area is 133 Å². The molecule has 1 fully saturated rings. The molecule has 1 amide bonds. The van der Waals surface area contributed by atoms with Gasteiger partial charge in [0.15, 0.2) is 0 Å². The van der Waals surface area contributed by atoms with E-state index >= 15 is 0 Å². The number of thiophene rings is 1. The fourth-order valence-corrected chi connectivity index (χ4v) is 3.90. The fraction of sp³-hybridized carbons (Fsp3) is 0.438. The molecule has 1 saturated carbocycles. The molecule has 112 valence electrons. The van der Waals surface area contributed by atoms with Crippen LogP contribution in [-0.2, 0) is 0 Å².